The number of tetrazole rings is 1. The minimum absolute atomic E-state index is 0.213. The molecule has 4 heterocycles. The van der Waals surface area contributed by atoms with Gasteiger partial charge in [-0.2, -0.15) is 0 Å². The Morgan fingerprint density at radius 1 is 1.28 bits per heavy atom. The third-order valence-corrected chi connectivity index (χ3v) is 4.04. The van der Waals surface area contributed by atoms with Crippen LogP contribution in [0.4, 0.5) is 11.8 Å². The Kier molecular flexibility index (Phi) is 3.65. The van der Waals surface area contributed by atoms with Gasteiger partial charge in [0.2, 0.25) is 5.95 Å². The monoisotopic (exact) mass is 336 g/mol. The molecule has 1 aliphatic rings. The molecule has 0 spiro atoms. The topological polar surface area (TPSA) is 113 Å². The van der Waals surface area contributed by atoms with Gasteiger partial charge in [-0.25, -0.2) is 24.8 Å². The van der Waals surface area contributed by atoms with E-state index in [9.17, 15) is 4.79 Å². The van der Waals surface area contributed by atoms with Gasteiger partial charge < -0.3 is 5.32 Å². The van der Waals surface area contributed by atoms with Crippen LogP contribution >= 0.6 is 0 Å². The van der Waals surface area contributed by atoms with Gasteiger partial charge in [0.25, 0.3) is 5.82 Å². The minimum Gasteiger partial charge on any atom is -0.326 e. The van der Waals surface area contributed by atoms with E-state index in [0.717, 1.165) is 5.56 Å². The Bertz CT molecular complexity index is 908. The van der Waals surface area contributed by atoms with Crippen molar-refractivity contribution >= 4 is 17.7 Å². The average Bonchev–Trinajstić information content (AvgIpc) is 3.10. The van der Waals surface area contributed by atoms with Crippen molar-refractivity contribution in [1.29, 1.82) is 0 Å². The summed E-state index contributed by atoms with van der Waals surface area (Å²) in [5, 5.41) is 17.6. The number of nitrogens with one attached hydrogen (secondary N) is 4. The Hall–Kier alpha value is -3.62. The molecule has 4 rings (SSSR count). The number of amides is 1. The fourth-order valence-electron chi connectivity index (χ4n) is 2.92. The summed E-state index contributed by atoms with van der Waals surface area (Å²) >= 11 is 0. The van der Waals surface area contributed by atoms with Gasteiger partial charge in [-0.05, 0) is 22.6 Å². The van der Waals surface area contributed by atoms with E-state index in [1.54, 1.807) is 23.1 Å². The number of pyridine rings is 2. The zero-order valence-electron chi connectivity index (χ0n) is 13.2. The molecule has 2 unspecified atom stereocenters. The summed E-state index contributed by atoms with van der Waals surface area (Å²) in [6, 6.07) is 8.82. The van der Waals surface area contributed by atoms with Crippen LogP contribution in [0.25, 0.3) is 0 Å². The molecule has 9 nitrogen and oxygen atoms in total. The van der Waals surface area contributed by atoms with Gasteiger partial charge in [0.05, 0.1) is 6.20 Å². The molecule has 0 saturated heterocycles. The molecular formula is C16H16N8O+2. The number of hydrogen-bond acceptors (Lipinski definition) is 5. The number of aromatic amines is 2. The lowest BCUT2D eigenvalue weighted by Crippen LogP contribution is -2.40. The summed E-state index contributed by atoms with van der Waals surface area (Å²) in [5.41, 5.74) is 1.40. The van der Waals surface area contributed by atoms with Crippen LogP contribution in [0.5, 0.6) is 0 Å². The molecule has 0 fully saturated rings. The molecular weight excluding hydrogens is 320 g/mol. The van der Waals surface area contributed by atoms with Crippen LogP contribution in [0.1, 0.15) is 11.6 Å². The molecule has 0 bridgehead atoms. The van der Waals surface area contributed by atoms with Gasteiger partial charge >= 0.3 is 5.91 Å². The number of carbonyl (C=O) groups excluding carboxylic acids is 1. The smallest absolute Gasteiger partial charge is 0.319 e. The summed E-state index contributed by atoms with van der Waals surface area (Å²) in [6.45, 7) is 4.01. The van der Waals surface area contributed by atoms with E-state index < -0.39 is 12.0 Å². The second-order valence-electron chi connectivity index (χ2n) is 5.62. The first kappa shape index (κ1) is 14.9. The van der Waals surface area contributed by atoms with E-state index >= 15 is 0 Å². The van der Waals surface area contributed by atoms with E-state index in [2.05, 4.69) is 42.7 Å². The standard InChI is InChI=1S/C16H14N8O/c1-10-13(15(25)20-12-6-2-3-8-18-12)14(11-5-4-7-17-9-11)24-16(19-10)21-22-23-24/h2-9,13-14H,1H2,(H,18,20,25)(H,19,21,23)/p+2. The highest BCUT2D eigenvalue weighted by molar-refractivity contribution is 5.94. The third kappa shape index (κ3) is 2.71. The molecule has 0 radical (unpaired) electrons. The maximum atomic E-state index is 13.0. The largest absolute Gasteiger partial charge is 0.326 e. The Balaban J connectivity index is 1.74. The minimum atomic E-state index is -0.597. The molecule has 25 heavy (non-hydrogen) atoms. The molecule has 0 aromatic carbocycles. The van der Waals surface area contributed by atoms with Gasteiger partial charge in [0.1, 0.15) is 12.0 Å². The molecule has 9 heteroatoms. The number of hydrogen-bond donors (Lipinski definition) is 2. The van der Waals surface area contributed by atoms with Crippen LogP contribution in [0.15, 0.2) is 61.2 Å². The van der Waals surface area contributed by atoms with Crippen molar-refractivity contribution in [1.82, 2.24) is 20.2 Å². The highest BCUT2D eigenvalue weighted by atomic mass is 16.2. The van der Waals surface area contributed by atoms with Crippen molar-refractivity contribution in [2.24, 2.45) is 5.92 Å². The summed E-state index contributed by atoms with van der Waals surface area (Å²) in [7, 11) is 0. The van der Waals surface area contributed by atoms with Crippen LogP contribution in [0.2, 0.25) is 0 Å². The zero-order chi connectivity index (χ0) is 17.2. The normalized spacial score (nSPS) is 19.0. The summed E-state index contributed by atoms with van der Waals surface area (Å²) in [6.07, 6.45) is 5.37. The van der Waals surface area contributed by atoms with Crippen molar-refractivity contribution in [3.05, 3.63) is 66.8 Å². The number of aromatic nitrogens is 6. The van der Waals surface area contributed by atoms with E-state index in [1.165, 1.54) is 0 Å². The average molecular weight is 336 g/mol. The number of carbonyl (C=O) groups is 1. The Morgan fingerprint density at radius 2 is 2.20 bits per heavy atom. The Morgan fingerprint density at radius 3 is 2.96 bits per heavy atom. The van der Waals surface area contributed by atoms with E-state index in [0.29, 0.717) is 17.5 Å². The fourth-order valence-corrected chi connectivity index (χ4v) is 2.92. The second-order valence-corrected chi connectivity index (χ2v) is 5.62. The third-order valence-electron chi connectivity index (χ3n) is 4.04. The highest BCUT2D eigenvalue weighted by Gasteiger charge is 2.42. The molecule has 124 valence electrons. The molecule has 1 aliphatic heterocycles. The number of rotatable bonds is 3. The van der Waals surface area contributed by atoms with Gasteiger partial charge in [0, 0.05) is 23.4 Å². The molecule has 2 atom stereocenters. The SMILES string of the molecule is C=C1Nc2nnnn2C(c2ccc[nH+]c2)C1C(=O)Nc1cccc[nH+]1. The van der Waals surface area contributed by atoms with Gasteiger partial charge in [-0.1, -0.05) is 17.7 Å². The first-order valence-corrected chi connectivity index (χ1v) is 7.71. The number of fused-ring (bicyclic) bond motifs is 1. The van der Waals surface area contributed by atoms with Crippen molar-refractivity contribution in [3.63, 3.8) is 0 Å². The lowest BCUT2D eigenvalue weighted by Gasteiger charge is -2.30. The molecule has 3 aromatic heterocycles. The van der Waals surface area contributed by atoms with E-state index in [4.69, 9.17) is 0 Å². The van der Waals surface area contributed by atoms with Crippen molar-refractivity contribution < 1.29 is 14.8 Å². The van der Waals surface area contributed by atoms with Crippen LogP contribution in [-0.2, 0) is 4.79 Å². The second kappa shape index (κ2) is 6.11. The zero-order valence-corrected chi connectivity index (χ0v) is 13.2. The van der Waals surface area contributed by atoms with Crippen LogP contribution in [-0.4, -0.2) is 26.1 Å². The first-order valence-electron chi connectivity index (χ1n) is 7.71. The molecule has 3 aromatic rings. The van der Waals surface area contributed by atoms with Gasteiger partial charge in [-0.3, -0.25) is 0 Å². The van der Waals surface area contributed by atoms with E-state index in [-0.39, 0.29) is 5.91 Å². The van der Waals surface area contributed by atoms with Crippen LogP contribution in [0.3, 0.4) is 0 Å². The predicted octanol–water partition coefficient (Wildman–Crippen LogP) is 0.0848. The van der Waals surface area contributed by atoms with Gasteiger partial charge in [-0.15, -0.1) is 0 Å². The molecule has 0 saturated carbocycles. The molecule has 0 aliphatic carbocycles. The maximum Gasteiger partial charge on any atom is 0.319 e. The highest BCUT2D eigenvalue weighted by Crippen LogP contribution is 2.36. The molecule has 4 N–H and O–H groups in total. The molecule has 1 amide bonds. The number of anilines is 2. The number of H-pyrrole nitrogens is 2. The van der Waals surface area contributed by atoms with Crippen molar-refractivity contribution in [2.45, 2.75) is 6.04 Å². The summed E-state index contributed by atoms with van der Waals surface area (Å²) in [5.74, 6) is 0.241. The number of nitrogens with zero attached hydrogens (tertiary/aromatic N) is 4. The lowest BCUT2D eigenvalue weighted by atomic mass is 9.89. The Labute approximate surface area is 142 Å². The van der Waals surface area contributed by atoms with Crippen LogP contribution < -0.4 is 20.6 Å². The fraction of sp³-hybridized carbons (Fsp3) is 0.125. The van der Waals surface area contributed by atoms with Gasteiger partial charge in [0.15, 0.2) is 12.4 Å². The maximum absolute atomic E-state index is 13.0. The van der Waals surface area contributed by atoms with Crippen molar-refractivity contribution in [3.8, 4) is 0 Å². The van der Waals surface area contributed by atoms with Crippen LogP contribution in [0, 0.1) is 5.92 Å². The van der Waals surface area contributed by atoms with Crippen molar-refractivity contribution in [2.75, 3.05) is 10.6 Å². The van der Waals surface area contributed by atoms with E-state index in [1.807, 2.05) is 30.5 Å². The first-order chi connectivity index (χ1) is 12.2. The summed E-state index contributed by atoms with van der Waals surface area (Å²) < 4.78 is 1.59. The summed E-state index contributed by atoms with van der Waals surface area (Å²) in [4.78, 5) is 19.0. The lowest BCUT2D eigenvalue weighted by molar-refractivity contribution is -0.379. The predicted molar refractivity (Wildman–Crippen MR) is 86.8 cm³/mol. The quantitative estimate of drug-likeness (QED) is 0.703.